The number of aliphatic hydroxyl groups is 1. The number of amides is 1. The summed E-state index contributed by atoms with van der Waals surface area (Å²) < 4.78 is 27.8. The molecule has 2 atom stereocenters. The number of carbonyl (C=O) groups is 2. The molecule has 2 N–H and O–H groups in total. The number of nitrogens with zero attached hydrogens (tertiary/aromatic N) is 3. The summed E-state index contributed by atoms with van der Waals surface area (Å²) in [5, 5.41) is 10.8. The molecule has 0 spiro atoms. The first-order valence-corrected chi connectivity index (χ1v) is 15.0. The molecule has 2 aromatic carbocycles. The van der Waals surface area contributed by atoms with Crippen LogP contribution in [0, 0.1) is 6.92 Å². The molecule has 9 nitrogen and oxygen atoms in total. The van der Waals surface area contributed by atoms with Gasteiger partial charge in [0.15, 0.2) is 0 Å². The SMILES string of the molecule is Cc1sc(CN(CCCc2ccccc2)C(=O)C(CO)c2ccccc2)nc1CC(C=O)NS(=O)(=O)N(C)C. The van der Waals surface area contributed by atoms with Gasteiger partial charge in [-0.1, -0.05) is 60.7 Å². The molecule has 3 rings (SSSR count). The summed E-state index contributed by atoms with van der Waals surface area (Å²) in [5.41, 5.74) is 2.53. The zero-order valence-electron chi connectivity index (χ0n) is 22.5. The number of carbonyl (C=O) groups excluding carboxylic acids is 2. The van der Waals surface area contributed by atoms with Gasteiger partial charge in [0.25, 0.3) is 10.2 Å². The highest BCUT2D eigenvalue weighted by atomic mass is 32.2. The van der Waals surface area contributed by atoms with Gasteiger partial charge < -0.3 is 14.8 Å². The van der Waals surface area contributed by atoms with Crippen LogP contribution in [0.5, 0.6) is 0 Å². The maximum Gasteiger partial charge on any atom is 0.279 e. The second-order valence-electron chi connectivity index (χ2n) is 9.46. The smallest absolute Gasteiger partial charge is 0.279 e. The fourth-order valence-corrected chi connectivity index (χ4v) is 5.86. The molecule has 0 aliphatic rings. The minimum Gasteiger partial charge on any atom is -0.395 e. The molecule has 3 aromatic rings. The Bertz CT molecular complexity index is 1310. The van der Waals surface area contributed by atoms with Gasteiger partial charge >= 0.3 is 0 Å². The molecule has 0 saturated carbocycles. The second kappa shape index (κ2) is 14.4. The summed E-state index contributed by atoms with van der Waals surface area (Å²) in [5.74, 6) is -0.876. The van der Waals surface area contributed by atoms with Gasteiger partial charge in [-0.05, 0) is 30.9 Å². The number of thiazole rings is 1. The average molecular weight is 573 g/mol. The third-order valence-electron chi connectivity index (χ3n) is 6.35. The Morgan fingerprint density at radius 3 is 2.33 bits per heavy atom. The first-order chi connectivity index (χ1) is 18.6. The Morgan fingerprint density at radius 1 is 1.10 bits per heavy atom. The van der Waals surface area contributed by atoms with Crippen molar-refractivity contribution in [2.75, 3.05) is 27.2 Å². The van der Waals surface area contributed by atoms with Crippen LogP contribution in [0.15, 0.2) is 60.7 Å². The maximum atomic E-state index is 13.7. The van der Waals surface area contributed by atoms with Crippen molar-refractivity contribution < 1.29 is 23.1 Å². The molecule has 2 unspecified atom stereocenters. The average Bonchev–Trinajstić information content (AvgIpc) is 3.27. The highest BCUT2D eigenvalue weighted by molar-refractivity contribution is 7.87. The van der Waals surface area contributed by atoms with Crippen LogP contribution in [0.1, 0.15) is 39.0 Å². The molecule has 0 saturated heterocycles. The molecule has 0 bridgehead atoms. The van der Waals surface area contributed by atoms with E-state index in [2.05, 4.69) is 21.8 Å². The molecular weight excluding hydrogens is 536 g/mol. The standard InChI is InChI=1S/C28H36N4O5S2/c1-21-26(17-24(19-33)30-39(36,37)31(2)3)29-27(38-21)18-32(16-10-13-22-11-6-4-7-12-22)28(35)25(20-34)23-14-8-5-9-15-23/h4-9,11-12,14-15,19,24-25,30,34H,10,13,16-18,20H2,1-3H3. The molecule has 210 valence electrons. The van der Waals surface area contributed by atoms with E-state index in [-0.39, 0.29) is 25.5 Å². The first kappa shape index (κ1) is 30.6. The Labute approximate surface area is 234 Å². The minimum absolute atomic E-state index is 0.101. The zero-order chi connectivity index (χ0) is 28.4. The quantitative estimate of drug-likeness (QED) is 0.270. The largest absolute Gasteiger partial charge is 0.395 e. The van der Waals surface area contributed by atoms with Gasteiger partial charge in [0.1, 0.15) is 11.3 Å². The fourth-order valence-electron chi connectivity index (χ4n) is 4.15. The molecule has 11 heteroatoms. The number of hydrogen-bond acceptors (Lipinski definition) is 7. The fraction of sp³-hybridized carbons (Fsp3) is 0.393. The van der Waals surface area contributed by atoms with E-state index >= 15 is 0 Å². The highest BCUT2D eigenvalue weighted by Gasteiger charge is 2.27. The van der Waals surface area contributed by atoms with E-state index < -0.39 is 22.2 Å². The predicted octanol–water partition coefficient (Wildman–Crippen LogP) is 2.70. The number of benzene rings is 2. The van der Waals surface area contributed by atoms with Crippen molar-refractivity contribution in [3.63, 3.8) is 0 Å². The van der Waals surface area contributed by atoms with Crippen LogP contribution in [0.4, 0.5) is 0 Å². The Kier molecular flexibility index (Phi) is 11.3. The van der Waals surface area contributed by atoms with Crippen LogP contribution >= 0.6 is 11.3 Å². The van der Waals surface area contributed by atoms with Crippen molar-refractivity contribution in [2.45, 2.75) is 44.7 Å². The van der Waals surface area contributed by atoms with Crippen LogP contribution in [-0.2, 0) is 39.2 Å². The Hall–Kier alpha value is -2.96. The molecule has 39 heavy (non-hydrogen) atoms. The predicted molar refractivity (Wildman–Crippen MR) is 153 cm³/mol. The second-order valence-corrected chi connectivity index (χ2v) is 12.7. The summed E-state index contributed by atoms with van der Waals surface area (Å²) in [4.78, 5) is 32.5. The van der Waals surface area contributed by atoms with Gasteiger partial charge in [0.05, 0.1) is 30.8 Å². The lowest BCUT2D eigenvalue weighted by Crippen LogP contribution is -2.44. The Morgan fingerprint density at radius 2 is 1.74 bits per heavy atom. The number of aryl methyl sites for hydroxylation is 2. The van der Waals surface area contributed by atoms with E-state index in [0.29, 0.717) is 23.5 Å². The third kappa shape index (κ3) is 8.77. The van der Waals surface area contributed by atoms with E-state index in [1.165, 1.54) is 31.0 Å². The molecule has 1 aromatic heterocycles. The molecule has 0 radical (unpaired) electrons. The van der Waals surface area contributed by atoms with E-state index in [0.717, 1.165) is 27.6 Å². The summed E-state index contributed by atoms with van der Waals surface area (Å²) in [6.07, 6.45) is 2.20. The van der Waals surface area contributed by atoms with E-state index in [4.69, 9.17) is 0 Å². The van der Waals surface area contributed by atoms with Gasteiger partial charge in [0.2, 0.25) is 5.91 Å². The van der Waals surface area contributed by atoms with Gasteiger partial charge in [-0.2, -0.15) is 17.4 Å². The lowest BCUT2D eigenvalue weighted by atomic mass is 9.98. The van der Waals surface area contributed by atoms with Gasteiger partial charge in [0, 0.05) is 31.9 Å². The molecular formula is C28H36N4O5S2. The number of hydrogen-bond donors (Lipinski definition) is 2. The topological polar surface area (TPSA) is 120 Å². The minimum atomic E-state index is -3.79. The number of aromatic nitrogens is 1. The number of aliphatic hydroxyl groups excluding tert-OH is 1. The van der Waals surface area contributed by atoms with Crippen molar-refractivity contribution in [1.29, 1.82) is 0 Å². The first-order valence-electron chi connectivity index (χ1n) is 12.7. The van der Waals surface area contributed by atoms with Gasteiger partial charge in [-0.15, -0.1) is 11.3 Å². The van der Waals surface area contributed by atoms with E-state index in [1.807, 2.05) is 55.5 Å². The van der Waals surface area contributed by atoms with Crippen LogP contribution in [0.25, 0.3) is 0 Å². The number of nitrogens with one attached hydrogen (secondary N) is 1. The van der Waals surface area contributed by atoms with Crippen molar-refractivity contribution in [3.8, 4) is 0 Å². The molecule has 1 amide bonds. The lowest BCUT2D eigenvalue weighted by Gasteiger charge is -2.26. The van der Waals surface area contributed by atoms with E-state index in [9.17, 15) is 23.1 Å². The third-order valence-corrected chi connectivity index (χ3v) is 8.91. The highest BCUT2D eigenvalue weighted by Crippen LogP contribution is 2.24. The van der Waals surface area contributed by atoms with Crippen LogP contribution in [0.2, 0.25) is 0 Å². The van der Waals surface area contributed by atoms with E-state index in [1.54, 1.807) is 4.90 Å². The normalized spacial score (nSPS) is 13.3. The lowest BCUT2D eigenvalue weighted by molar-refractivity contribution is -0.134. The van der Waals surface area contributed by atoms with Gasteiger partial charge in [-0.3, -0.25) is 4.79 Å². The zero-order valence-corrected chi connectivity index (χ0v) is 24.1. The summed E-state index contributed by atoms with van der Waals surface area (Å²) >= 11 is 1.41. The van der Waals surface area contributed by atoms with Crippen molar-refractivity contribution in [3.05, 3.63) is 87.4 Å². The molecule has 0 aliphatic heterocycles. The van der Waals surface area contributed by atoms with Crippen LogP contribution in [0.3, 0.4) is 0 Å². The van der Waals surface area contributed by atoms with Crippen LogP contribution in [-0.4, -0.2) is 73.2 Å². The molecule has 1 heterocycles. The van der Waals surface area contributed by atoms with Gasteiger partial charge in [-0.25, -0.2) is 4.98 Å². The van der Waals surface area contributed by atoms with Crippen molar-refractivity contribution in [1.82, 2.24) is 18.9 Å². The molecule has 0 fully saturated rings. The van der Waals surface area contributed by atoms with Crippen molar-refractivity contribution in [2.24, 2.45) is 0 Å². The number of rotatable bonds is 15. The summed E-state index contributed by atoms with van der Waals surface area (Å²) in [6.45, 7) is 2.27. The van der Waals surface area contributed by atoms with Crippen LogP contribution < -0.4 is 4.72 Å². The van der Waals surface area contributed by atoms with Crippen molar-refractivity contribution >= 4 is 33.7 Å². The summed E-state index contributed by atoms with van der Waals surface area (Å²) in [6, 6.07) is 18.3. The summed E-state index contributed by atoms with van der Waals surface area (Å²) in [7, 11) is -1.02. The monoisotopic (exact) mass is 572 g/mol. The number of aldehydes is 1. The molecule has 0 aliphatic carbocycles. The maximum absolute atomic E-state index is 13.7. The Balaban J connectivity index is 1.79.